The second-order valence-corrected chi connectivity index (χ2v) is 5.35. The van der Waals surface area contributed by atoms with Gasteiger partial charge >= 0.3 is 0 Å². The maximum atomic E-state index is 11.9. The van der Waals surface area contributed by atoms with Gasteiger partial charge in [-0.2, -0.15) is 0 Å². The van der Waals surface area contributed by atoms with Gasteiger partial charge in [0, 0.05) is 17.6 Å². The number of nitrogens with one attached hydrogen (secondary N) is 1. The Bertz CT molecular complexity index is 505. The molecule has 0 aliphatic carbocycles. The minimum Gasteiger partial charge on any atom is -0.391 e. The summed E-state index contributed by atoms with van der Waals surface area (Å²) in [6, 6.07) is 3.77. The number of hydrogen-bond donors (Lipinski definition) is 2. The van der Waals surface area contributed by atoms with E-state index in [4.69, 9.17) is 11.6 Å². The van der Waals surface area contributed by atoms with E-state index in [1.165, 1.54) is 18.2 Å². The van der Waals surface area contributed by atoms with Gasteiger partial charge in [0.1, 0.15) is 5.56 Å². The van der Waals surface area contributed by atoms with Crippen molar-refractivity contribution in [3.05, 3.63) is 38.9 Å². The molecule has 0 spiro atoms. The molecule has 1 amide bonds. The molecular formula is C13H17ClN2O4. The molecule has 0 bridgehead atoms. The van der Waals surface area contributed by atoms with E-state index in [0.29, 0.717) is 12.3 Å². The third kappa shape index (κ3) is 4.79. The van der Waals surface area contributed by atoms with Crippen LogP contribution in [-0.2, 0) is 0 Å². The second kappa shape index (κ2) is 7.21. The Morgan fingerprint density at radius 3 is 2.70 bits per heavy atom. The van der Waals surface area contributed by atoms with Crippen LogP contribution in [-0.4, -0.2) is 28.6 Å². The van der Waals surface area contributed by atoms with Gasteiger partial charge < -0.3 is 10.4 Å². The highest BCUT2D eigenvalue weighted by Crippen LogP contribution is 2.22. The standard InChI is InChI=1S/C13H17ClN2O4/c1-8(2)5-10(17)7-15-13(18)11-6-9(14)3-4-12(11)16(19)20/h3-4,6,8,10,17H,5,7H2,1-2H3,(H,15,18). The summed E-state index contributed by atoms with van der Waals surface area (Å²) in [5.41, 5.74) is -0.426. The lowest BCUT2D eigenvalue weighted by Crippen LogP contribution is -2.33. The van der Waals surface area contributed by atoms with Crippen LogP contribution in [0.3, 0.4) is 0 Å². The number of nitro groups is 1. The van der Waals surface area contributed by atoms with Crippen LogP contribution >= 0.6 is 11.6 Å². The zero-order chi connectivity index (χ0) is 15.3. The van der Waals surface area contributed by atoms with E-state index >= 15 is 0 Å². The minimum atomic E-state index is -0.683. The van der Waals surface area contributed by atoms with Crippen molar-refractivity contribution in [1.82, 2.24) is 5.32 Å². The molecule has 0 aliphatic heterocycles. The topological polar surface area (TPSA) is 92.5 Å². The lowest BCUT2D eigenvalue weighted by Gasteiger charge is -2.13. The van der Waals surface area contributed by atoms with E-state index in [1.54, 1.807) is 0 Å². The van der Waals surface area contributed by atoms with Crippen molar-refractivity contribution in [3.63, 3.8) is 0 Å². The molecule has 1 aromatic carbocycles. The molecule has 1 atom stereocenters. The van der Waals surface area contributed by atoms with Crippen LogP contribution in [0.1, 0.15) is 30.6 Å². The number of carbonyl (C=O) groups excluding carboxylic acids is 1. The van der Waals surface area contributed by atoms with Crippen molar-refractivity contribution in [3.8, 4) is 0 Å². The number of benzene rings is 1. The van der Waals surface area contributed by atoms with Gasteiger partial charge in [-0.3, -0.25) is 14.9 Å². The SMILES string of the molecule is CC(C)CC(O)CNC(=O)c1cc(Cl)ccc1[N+](=O)[O-]. The van der Waals surface area contributed by atoms with Gasteiger partial charge in [0.2, 0.25) is 0 Å². The predicted molar refractivity (Wildman–Crippen MR) is 75.9 cm³/mol. The summed E-state index contributed by atoms with van der Waals surface area (Å²) in [7, 11) is 0. The predicted octanol–water partition coefficient (Wildman–Crippen LogP) is 2.39. The van der Waals surface area contributed by atoms with E-state index in [9.17, 15) is 20.0 Å². The van der Waals surface area contributed by atoms with Crippen LogP contribution in [0.2, 0.25) is 5.02 Å². The number of carbonyl (C=O) groups is 1. The first-order chi connectivity index (χ1) is 9.31. The molecule has 2 N–H and O–H groups in total. The molecule has 1 rings (SSSR count). The molecule has 0 aromatic heterocycles. The fourth-order valence-electron chi connectivity index (χ4n) is 1.78. The van der Waals surface area contributed by atoms with E-state index in [1.807, 2.05) is 13.8 Å². The lowest BCUT2D eigenvalue weighted by atomic mass is 10.1. The molecule has 110 valence electrons. The van der Waals surface area contributed by atoms with E-state index in [0.717, 1.165) is 0 Å². The number of hydrogen-bond acceptors (Lipinski definition) is 4. The highest BCUT2D eigenvalue weighted by molar-refractivity contribution is 6.31. The Morgan fingerprint density at radius 1 is 1.50 bits per heavy atom. The summed E-state index contributed by atoms with van der Waals surface area (Å²) in [5.74, 6) is -0.329. The molecule has 0 heterocycles. The van der Waals surface area contributed by atoms with Gasteiger partial charge in [-0.15, -0.1) is 0 Å². The zero-order valence-corrected chi connectivity index (χ0v) is 12.1. The van der Waals surface area contributed by atoms with Crippen molar-refractivity contribution < 1.29 is 14.8 Å². The molecule has 0 aliphatic rings. The molecular weight excluding hydrogens is 284 g/mol. The second-order valence-electron chi connectivity index (χ2n) is 4.91. The molecule has 1 unspecified atom stereocenters. The molecule has 20 heavy (non-hydrogen) atoms. The number of nitro benzene ring substituents is 1. The summed E-state index contributed by atoms with van der Waals surface area (Å²) in [6.45, 7) is 3.94. The number of amides is 1. The Balaban J connectivity index is 2.77. The Morgan fingerprint density at radius 2 is 2.15 bits per heavy atom. The fraction of sp³-hybridized carbons (Fsp3) is 0.462. The fourth-order valence-corrected chi connectivity index (χ4v) is 1.95. The number of aliphatic hydroxyl groups excluding tert-OH is 1. The third-order valence-electron chi connectivity index (χ3n) is 2.64. The highest BCUT2D eigenvalue weighted by Gasteiger charge is 2.21. The van der Waals surface area contributed by atoms with E-state index < -0.39 is 16.9 Å². The van der Waals surface area contributed by atoms with Crippen LogP contribution < -0.4 is 5.32 Å². The summed E-state index contributed by atoms with van der Waals surface area (Å²) >= 11 is 5.75. The largest absolute Gasteiger partial charge is 0.391 e. The van der Waals surface area contributed by atoms with Crippen LogP contribution in [0.4, 0.5) is 5.69 Å². The van der Waals surface area contributed by atoms with Crippen molar-refractivity contribution in [2.24, 2.45) is 5.92 Å². The number of aliphatic hydroxyl groups is 1. The first-order valence-electron chi connectivity index (χ1n) is 6.21. The maximum absolute atomic E-state index is 11.9. The van der Waals surface area contributed by atoms with Gasteiger partial charge in [-0.05, 0) is 24.5 Å². The van der Waals surface area contributed by atoms with Crippen molar-refractivity contribution >= 4 is 23.2 Å². The van der Waals surface area contributed by atoms with Gasteiger partial charge in [0.25, 0.3) is 11.6 Å². The van der Waals surface area contributed by atoms with Crippen LogP contribution in [0.15, 0.2) is 18.2 Å². The van der Waals surface area contributed by atoms with Crippen LogP contribution in [0, 0.1) is 16.0 Å². The minimum absolute atomic E-state index is 0.0423. The Kier molecular flexibility index (Phi) is 5.91. The summed E-state index contributed by atoms with van der Waals surface area (Å²) in [6.07, 6.45) is -0.144. The molecule has 0 fully saturated rings. The Hall–Kier alpha value is -1.66. The van der Waals surface area contributed by atoms with Gasteiger partial charge in [-0.1, -0.05) is 25.4 Å². The van der Waals surface area contributed by atoms with Gasteiger partial charge in [0.05, 0.1) is 11.0 Å². The van der Waals surface area contributed by atoms with Crippen molar-refractivity contribution in [2.75, 3.05) is 6.54 Å². The number of halogens is 1. The average molecular weight is 301 g/mol. The molecule has 0 saturated heterocycles. The summed E-state index contributed by atoms with van der Waals surface area (Å²) in [5, 5.41) is 23.2. The van der Waals surface area contributed by atoms with Gasteiger partial charge in [-0.25, -0.2) is 0 Å². The monoisotopic (exact) mass is 300 g/mol. The lowest BCUT2D eigenvalue weighted by molar-refractivity contribution is -0.385. The number of nitrogens with zero attached hydrogens (tertiary/aromatic N) is 1. The average Bonchev–Trinajstić information content (AvgIpc) is 2.34. The molecule has 6 nitrogen and oxygen atoms in total. The van der Waals surface area contributed by atoms with E-state index in [2.05, 4.69) is 5.32 Å². The van der Waals surface area contributed by atoms with Crippen LogP contribution in [0.25, 0.3) is 0 Å². The highest BCUT2D eigenvalue weighted by atomic mass is 35.5. The molecule has 0 saturated carbocycles. The Labute approximate surface area is 121 Å². The first-order valence-corrected chi connectivity index (χ1v) is 6.59. The van der Waals surface area contributed by atoms with Crippen molar-refractivity contribution in [1.29, 1.82) is 0 Å². The normalized spacial score (nSPS) is 12.2. The molecule has 1 aromatic rings. The maximum Gasteiger partial charge on any atom is 0.282 e. The molecule has 0 radical (unpaired) electrons. The zero-order valence-electron chi connectivity index (χ0n) is 11.3. The van der Waals surface area contributed by atoms with Gasteiger partial charge in [0.15, 0.2) is 0 Å². The summed E-state index contributed by atoms with van der Waals surface area (Å²) in [4.78, 5) is 22.1. The quantitative estimate of drug-likeness (QED) is 0.623. The number of rotatable bonds is 6. The summed E-state index contributed by atoms with van der Waals surface area (Å²) < 4.78 is 0. The van der Waals surface area contributed by atoms with E-state index in [-0.39, 0.29) is 22.8 Å². The van der Waals surface area contributed by atoms with Crippen LogP contribution in [0.5, 0.6) is 0 Å². The van der Waals surface area contributed by atoms with Crippen molar-refractivity contribution in [2.45, 2.75) is 26.4 Å². The third-order valence-corrected chi connectivity index (χ3v) is 2.88. The smallest absolute Gasteiger partial charge is 0.282 e. The molecule has 7 heteroatoms. The first kappa shape index (κ1) is 16.4.